The summed E-state index contributed by atoms with van der Waals surface area (Å²) in [5.41, 5.74) is -0.885. The van der Waals surface area contributed by atoms with Gasteiger partial charge in [0.1, 0.15) is 0 Å². The number of aliphatic hydroxyl groups is 1. The molecule has 0 fully saturated rings. The van der Waals surface area contributed by atoms with Gasteiger partial charge in [-0.2, -0.15) is 5.26 Å². The number of aliphatic carboxylic acids is 1. The van der Waals surface area contributed by atoms with E-state index in [1.807, 2.05) is 6.07 Å². The molecule has 6 nitrogen and oxygen atoms in total. The maximum absolute atomic E-state index is 11.8. The Hall–Kier alpha value is -2.39. The topological polar surface area (TPSA) is 110 Å². The summed E-state index contributed by atoms with van der Waals surface area (Å²) in [6, 6.07) is 8.00. The predicted molar refractivity (Wildman–Crippen MR) is 66.4 cm³/mol. The summed E-state index contributed by atoms with van der Waals surface area (Å²) in [6.45, 7) is 1.14. The third kappa shape index (κ3) is 4.77. The number of carboxylic acids is 1. The molecule has 0 spiro atoms. The van der Waals surface area contributed by atoms with Gasteiger partial charge in [-0.15, -0.1) is 0 Å². The fourth-order valence-electron chi connectivity index (χ4n) is 1.49. The van der Waals surface area contributed by atoms with Crippen LogP contribution in [0.2, 0.25) is 0 Å². The summed E-state index contributed by atoms with van der Waals surface area (Å²) in [7, 11) is 0. The lowest BCUT2D eigenvalue weighted by Crippen LogP contribution is -2.42. The van der Waals surface area contributed by atoms with Gasteiger partial charge in [-0.1, -0.05) is 6.07 Å². The van der Waals surface area contributed by atoms with Crippen LogP contribution in [0.3, 0.4) is 0 Å². The van der Waals surface area contributed by atoms with Crippen molar-refractivity contribution in [1.29, 1.82) is 5.26 Å². The van der Waals surface area contributed by atoms with Crippen LogP contribution >= 0.6 is 0 Å². The number of nitrogens with one attached hydrogen (secondary N) is 1. The van der Waals surface area contributed by atoms with Crippen LogP contribution in [-0.4, -0.2) is 34.2 Å². The van der Waals surface area contributed by atoms with Crippen molar-refractivity contribution in [1.82, 2.24) is 5.32 Å². The molecule has 0 aliphatic rings. The summed E-state index contributed by atoms with van der Waals surface area (Å²) in [5.74, 6) is -1.62. The SMILES string of the molecule is CC(O)(CNC(=O)c1cccc(C#N)c1)CC(=O)O. The van der Waals surface area contributed by atoms with Gasteiger partial charge < -0.3 is 15.5 Å². The van der Waals surface area contributed by atoms with Crippen LogP contribution in [0.4, 0.5) is 0 Å². The van der Waals surface area contributed by atoms with Crippen molar-refractivity contribution in [2.45, 2.75) is 18.9 Å². The number of carboxylic acid groups (broad SMARTS) is 1. The molecule has 19 heavy (non-hydrogen) atoms. The first-order valence-electron chi connectivity index (χ1n) is 5.56. The van der Waals surface area contributed by atoms with E-state index in [4.69, 9.17) is 10.4 Å². The zero-order valence-electron chi connectivity index (χ0n) is 10.4. The fraction of sp³-hybridized carbons (Fsp3) is 0.308. The summed E-state index contributed by atoms with van der Waals surface area (Å²) < 4.78 is 0. The van der Waals surface area contributed by atoms with Gasteiger partial charge >= 0.3 is 5.97 Å². The highest BCUT2D eigenvalue weighted by Gasteiger charge is 2.25. The summed E-state index contributed by atoms with van der Waals surface area (Å²) in [5, 5.41) is 29.5. The smallest absolute Gasteiger partial charge is 0.306 e. The van der Waals surface area contributed by atoms with Crippen molar-refractivity contribution in [3.8, 4) is 6.07 Å². The molecule has 0 heterocycles. The summed E-state index contributed by atoms with van der Waals surface area (Å²) >= 11 is 0. The molecule has 0 aliphatic heterocycles. The highest BCUT2D eigenvalue weighted by molar-refractivity contribution is 5.94. The van der Waals surface area contributed by atoms with Crippen LogP contribution in [0.15, 0.2) is 24.3 Å². The van der Waals surface area contributed by atoms with E-state index in [2.05, 4.69) is 5.32 Å². The van der Waals surface area contributed by atoms with Crippen molar-refractivity contribution in [3.63, 3.8) is 0 Å². The van der Waals surface area contributed by atoms with E-state index in [1.54, 1.807) is 12.1 Å². The lowest BCUT2D eigenvalue weighted by Gasteiger charge is -2.21. The van der Waals surface area contributed by atoms with Crippen LogP contribution in [0.5, 0.6) is 0 Å². The van der Waals surface area contributed by atoms with E-state index in [9.17, 15) is 14.7 Å². The van der Waals surface area contributed by atoms with Gasteiger partial charge in [-0.25, -0.2) is 0 Å². The third-order valence-corrected chi connectivity index (χ3v) is 2.42. The Bertz CT molecular complexity index is 532. The monoisotopic (exact) mass is 262 g/mol. The second kappa shape index (κ2) is 5.98. The first-order chi connectivity index (χ1) is 8.84. The quantitative estimate of drug-likeness (QED) is 0.716. The van der Waals surface area contributed by atoms with Gasteiger partial charge in [0.25, 0.3) is 5.91 Å². The van der Waals surface area contributed by atoms with Crippen molar-refractivity contribution < 1.29 is 19.8 Å². The highest BCUT2D eigenvalue weighted by Crippen LogP contribution is 2.09. The Morgan fingerprint density at radius 1 is 1.47 bits per heavy atom. The Labute approximate surface area is 110 Å². The van der Waals surface area contributed by atoms with Crippen molar-refractivity contribution in [3.05, 3.63) is 35.4 Å². The van der Waals surface area contributed by atoms with Gasteiger partial charge in [-0.05, 0) is 25.1 Å². The van der Waals surface area contributed by atoms with Gasteiger partial charge in [0.2, 0.25) is 0 Å². The lowest BCUT2D eigenvalue weighted by molar-refractivity contribution is -0.141. The number of rotatable bonds is 5. The van der Waals surface area contributed by atoms with Crippen LogP contribution < -0.4 is 5.32 Å². The normalized spacial score (nSPS) is 13.1. The maximum atomic E-state index is 11.8. The number of benzene rings is 1. The molecule has 1 aromatic carbocycles. The molecule has 0 aromatic heterocycles. The van der Waals surface area contributed by atoms with Crippen LogP contribution in [-0.2, 0) is 4.79 Å². The minimum absolute atomic E-state index is 0.186. The highest BCUT2D eigenvalue weighted by atomic mass is 16.4. The molecule has 1 unspecified atom stereocenters. The Kier molecular flexibility index (Phi) is 4.62. The first-order valence-corrected chi connectivity index (χ1v) is 5.56. The average molecular weight is 262 g/mol. The molecule has 0 radical (unpaired) electrons. The Balaban J connectivity index is 2.65. The van der Waals surface area contributed by atoms with E-state index in [1.165, 1.54) is 19.1 Å². The second-order valence-electron chi connectivity index (χ2n) is 4.44. The molecule has 1 aromatic rings. The summed E-state index contributed by atoms with van der Waals surface area (Å²) in [4.78, 5) is 22.3. The molecule has 100 valence electrons. The fourth-order valence-corrected chi connectivity index (χ4v) is 1.49. The summed E-state index contributed by atoms with van der Waals surface area (Å²) in [6.07, 6.45) is -0.467. The predicted octanol–water partition coefficient (Wildman–Crippen LogP) is 0.514. The van der Waals surface area contributed by atoms with Crippen molar-refractivity contribution in [2.75, 3.05) is 6.54 Å². The molecule has 1 amide bonds. The largest absolute Gasteiger partial charge is 0.481 e. The number of hydrogen-bond acceptors (Lipinski definition) is 4. The standard InChI is InChI=1S/C13H14N2O4/c1-13(19,6-11(16)17)8-15-12(18)10-4-2-3-9(5-10)7-14/h2-5,19H,6,8H2,1H3,(H,15,18)(H,16,17). The Morgan fingerprint density at radius 2 is 2.16 bits per heavy atom. The molecule has 1 atom stereocenters. The van der Waals surface area contributed by atoms with E-state index in [0.29, 0.717) is 5.56 Å². The number of nitrogens with zero attached hydrogens (tertiary/aromatic N) is 1. The molecule has 6 heteroatoms. The van der Waals surface area contributed by atoms with Gasteiger partial charge in [0.05, 0.1) is 23.7 Å². The molecule has 0 aliphatic carbocycles. The van der Waals surface area contributed by atoms with Crippen molar-refractivity contribution >= 4 is 11.9 Å². The molecule has 3 N–H and O–H groups in total. The molecule has 0 bridgehead atoms. The number of carbonyl (C=O) groups is 2. The number of amides is 1. The van der Waals surface area contributed by atoms with E-state index in [0.717, 1.165) is 0 Å². The maximum Gasteiger partial charge on any atom is 0.306 e. The van der Waals surface area contributed by atoms with E-state index in [-0.39, 0.29) is 12.1 Å². The van der Waals surface area contributed by atoms with Crippen LogP contribution in [0.25, 0.3) is 0 Å². The van der Waals surface area contributed by atoms with Gasteiger partial charge in [0, 0.05) is 12.1 Å². The molecular weight excluding hydrogens is 248 g/mol. The van der Waals surface area contributed by atoms with E-state index < -0.39 is 23.9 Å². The number of carbonyl (C=O) groups excluding carboxylic acids is 1. The zero-order valence-corrected chi connectivity index (χ0v) is 10.4. The van der Waals surface area contributed by atoms with Crippen LogP contribution in [0.1, 0.15) is 29.3 Å². The molecule has 1 rings (SSSR count). The zero-order chi connectivity index (χ0) is 14.5. The molecular formula is C13H14N2O4. The van der Waals surface area contributed by atoms with Crippen molar-refractivity contribution in [2.24, 2.45) is 0 Å². The minimum atomic E-state index is -1.52. The molecule has 0 saturated carbocycles. The number of nitriles is 1. The average Bonchev–Trinajstić information content (AvgIpc) is 2.34. The number of hydrogen-bond donors (Lipinski definition) is 3. The minimum Gasteiger partial charge on any atom is -0.481 e. The first kappa shape index (κ1) is 14.7. The van der Waals surface area contributed by atoms with E-state index >= 15 is 0 Å². The third-order valence-electron chi connectivity index (χ3n) is 2.42. The second-order valence-corrected chi connectivity index (χ2v) is 4.44. The Morgan fingerprint density at radius 3 is 2.74 bits per heavy atom. The van der Waals surface area contributed by atoms with Gasteiger partial charge in [-0.3, -0.25) is 9.59 Å². The lowest BCUT2D eigenvalue weighted by atomic mass is 10.0. The molecule has 0 saturated heterocycles. The van der Waals surface area contributed by atoms with Gasteiger partial charge in [0.15, 0.2) is 0 Å². The van der Waals surface area contributed by atoms with Crippen LogP contribution in [0, 0.1) is 11.3 Å².